The van der Waals surface area contributed by atoms with Gasteiger partial charge in [-0.05, 0) is 33.0 Å². The number of carbonyl (C=O) groups is 2. The molecule has 0 aromatic heterocycles. The summed E-state index contributed by atoms with van der Waals surface area (Å²) in [6.45, 7) is 9.85. The van der Waals surface area contributed by atoms with Crippen LogP contribution in [0.25, 0.3) is 0 Å². The molecule has 0 atom stereocenters. The van der Waals surface area contributed by atoms with Gasteiger partial charge in [0.2, 0.25) is 0 Å². The van der Waals surface area contributed by atoms with Crippen molar-refractivity contribution in [3.05, 3.63) is 25.3 Å². The fraction of sp³-hybridized carbons (Fsp3) is 0.600. The van der Waals surface area contributed by atoms with Gasteiger partial charge in [-0.3, -0.25) is 9.59 Å². The molecule has 1 saturated heterocycles. The molecule has 0 N–H and O–H groups in total. The number of rotatable bonds is 5. The zero-order chi connectivity index (χ0) is 15.1. The minimum atomic E-state index is -0.480. The summed E-state index contributed by atoms with van der Waals surface area (Å²) in [6.07, 6.45) is 5.05. The average Bonchev–Trinajstić information content (AvgIpc) is 2.45. The summed E-state index contributed by atoms with van der Waals surface area (Å²) in [5, 5.41) is 0. The monoisotopic (exact) mass is 279 g/mol. The van der Waals surface area contributed by atoms with E-state index in [0.717, 1.165) is 25.9 Å². The largest absolute Gasteiger partial charge is 0.334 e. The van der Waals surface area contributed by atoms with E-state index in [1.807, 2.05) is 0 Å². The first-order chi connectivity index (χ1) is 9.51. The lowest BCUT2D eigenvalue weighted by atomic mass is 10.0. The van der Waals surface area contributed by atoms with Gasteiger partial charge >= 0.3 is 11.8 Å². The third-order valence-electron chi connectivity index (χ3n) is 3.73. The topological polar surface area (TPSA) is 43.9 Å². The highest BCUT2D eigenvalue weighted by molar-refractivity contribution is 6.34. The SMILES string of the molecule is C=CCN(CC=C)C(=O)C(=O)N(C)C1CCN(C)CC1. The molecule has 0 aromatic carbocycles. The summed E-state index contributed by atoms with van der Waals surface area (Å²) in [5.41, 5.74) is 0. The van der Waals surface area contributed by atoms with E-state index >= 15 is 0 Å². The molecule has 0 radical (unpaired) electrons. The third-order valence-corrected chi connectivity index (χ3v) is 3.73. The van der Waals surface area contributed by atoms with Crippen LogP contribution in [0.3, 0.4) is 0 Å². The summed E-state index contributed by atoms with van der Waals surface area (Å²) in [4.78, 5) is 29.7. The highest BCUT2D eigenvalue weighted by Gasteiger charge is 2.29. The summed E-state index contributed by atoms with van der Waals surface area (Å²) >= 11 is 0. The van der Waals surface area contributed by atoms with E-state index in [1.165, 1.54) is 4.90 Å². The van der Waals surface area contributed by atoms with Crippen LogP contribution in [-0.4, -0.2) is 72.8 Å². The van der Waals surface area contributed by atoms with E-state index in [0.29, 0.717) is 13.1 Å². The summed E-state index contributed by atoms with van der Waals surface area (Å²) in [5.74, 6) is -0.922. The van der Waals surface area contributed by atoms with Crippen LogP contribution in [0.5, 0.6) is 0 Å². The Morgan fingerprint density at radius 2 is 1.65 bits per heavy atom. The molecular formula is C15H25N3O2. The lowest BCUT2D eigenvalue weighted by molar-refractivity contribution is -0.152. The van der Waals surface area contributed by atoms with Crippen molar-refractivity contribution in [1.82, 2.24) is 14.7 Å². The van der Waals surface area contributed by atoms with E-state index in [4.69, 9.17) is 0 Å². The van der Waals surface area contributed by atoms with Crippen molar-refractivity contribution < 1.29 is 9.59 Å². The Labute approximate surface area is 121 Å². The zero-order valence-corrected chi connectivity index (χ0v) is 12.5. The standard InChI is InChI=1S/C15H25N3O2/c1-5-9-18(10-6-2)15(20)14(19)17(4)13-7-11-16(3)12-8-13/h5-6,13H,1-2,7-12H2,3-4H3. The fourth-order valence-corrected chi connectivity index (χ4v) is 2.39. The zero-order valence-electron chi connectivity index (χ0n) is 12.5. The van der Waals surface area contributed by atoms with Crippen molar-refractivity contribution in [3.63, 3.8) is 0 Å². The van der Waals surface area contributed by atoms with Crippen LogP contribution in [0, 0.1) is 0 Å². The Hall–Kier alpha value is -1.62. The number of piperidine rings is 1. The van der Waals surface area contributed by atoms with Crippen LogP contribution in [0.15, 0.2) is 25.3 Å². The van der Waals surface area contributed by atoms with Crippen LogP contribution >= 0.6 is 0 Å². The fourth-order valence-electron chi connectivity index (χ4n) is 2.39. The van der Waals surface area contributed by atoms with Crippen molar-refractivity contribution in [2.75, 3.05) is 40.3 Å². The molecule has 1 aliphatic heterocycles. The smallest absolute Gasteiger partial charge is 0.312 e. The highest BCUT2D eigenvalue weighted by atomic mass is 16.2. The molecular weight excluding hydrogens is 254 g/mol. The number of likely N-dealkylation sites (N-methyl/N-ethyl adjacent to an activating group) is 1. The summed E-state index contributed by atoms with van der Waals surface area (Å²) in [7, 11) is 3.79. The van der Waals surface area contributed by atoms with Crippen molar-refractivity contribution in [3.8, 4) is 0 Å². The number of nitrogens with zero attached hydrogens (tertiary/aromatic N) is 3. The molecule has 1 heterocycles. The second kappa shape index (κ2) is 7.85. The maximum atomic E-state index is 12.3. The lowest BCUT2D eigenvalue weighted by Gasteiger charge is -2.35. The van der Waals surface area contributed by atoms with E-state index < -0.39 is 11.8 Å². The van der Waals surface area contributed by atoms with Gasteiger partial charge in [0.25, 0.3) is 0 Å². The van der Waals surface area contributed by atoms with Gasteiger partial charge in [-0.25, -0.2) is 0 Å². The van der Waals surface area contributed by atoms with E-state index in [1.54, 1.807) is 24.1 Å². The van der Waals surface area contributed by atoms with Gasteiger partial charge in [-0.15, -0.1) is 13.2 Å². The average molecular weight is 279 g/mol. The number of amides is 2. The molecule has 112 valence electrons. The van der Waals surface area contributed by atoms with Gasteiger partial charge in [0.1, 0.15) is 0 Å². The van der Waals surface area contributed by atoms with E-state index in [9.17, 15) is 9.59 Å². The predicted molar refractivity (Wildman–Crippen MR) is 80.3 cm³/mol. The predicted octanol–water partition coefficient (Wildman–Crippen LogP) is 0.740. The molecule has 1 rings (SSSR count). The second-order valence-electron chi connectivity index (χ2n) is 5.24. The van der Waals surface area contributed by atoms with Crippen LogP contribution in [0.4, 0.5) is 0 Å². The Morgan fingerprint density at radius 3 is 2.10 bits per heavy atom. The number of likely N-dealkylation sites (tertiary alicyclic amines) is 1. The molecule has 0 aliphatic carbocycles. The Balaban J connectivity index is 2.64. The maximum Gasteiger partial charge on any atom is 0.312 e. The molecule has 0 spiro atoms. The highest BCUT2D eigenvalue weighted by Crippen LogP contribution is 2.14. The Kier molecular flexibility index (Phi) is 6.45. The molecule has 0 bridgehead atoms. The lowest BCUT2D eigenvalue weighted by Crippen LogP contribution is -2.50. The first-order valence-corrected chi connectivity index (χ1v) is 6.97. The van der Waals surface area contributed by atoms with Crippen LogP contribution in [0.1, 0.15) is 12.8 Å². The summed E-state index contributed by atoms with van der Waals surface area (Å²) < 4.78 is 0. The van der Waals surface area contributed by atoms with Gasteiger partial charge < -0.3 is 14.7 Å². The Morgan fingerprint density at radius 1 is 1.15 bits per heavy atom. The first kappa shape index (κ1) is 16.4. The van der Waals surface area contributed by atoms with Gasteiger partial charge in [0.05, 0.1) is 0 Å². The molecule has 0 unspecified atom stereocenters. The molecule has 5 nitrogen and oxygen atoms in total. The van der Waals surface area contributed by atoms with Crippen molar-refractivity contribution in [2.24, 2.45) is 0 Å². The van der Waals surface area contributed by atoms with E-state index in [-0.39, 0.29) is 6.04 Å². The van der Waals surface area contributed by atoms with Gasteiger partial charge in [-0.2, -0.15) is 0 Å². The van der Waals surface area contributed by atoms with E-state index in [2.05, 4.69) is 25.1 Å². The number of hydrogen-bond donors (Lipinski definition) is 0. The molecule has 2 amide bonds. The van der Waals surface area contributed by atoms with Crippen LogP contribution < -0.4 is 0 Å². The normalized spacial score (nSPS) is 16.5. The number of carbonyl (C=O) groups excluding carboxylic acids is 2. The number of hydrogen-bond acceptors (Lipinski definition) is 3. The molecule has 1 aliphatic rings. The van der Waals surface area contributed by atoms with Crippen molar-refractivity contribution >= 4 is 11.8 Å². The quantitative estimate of drug-likeness (QED) is 0.551. The summed E-state index contributed by atoms with van der Waals surface area (Å²) in [6, 6.07) is 0.150. The van der Waals surface area contributed by atoms with Crippen LogP contribution in [-0.2, 0) is 9.59 Å². The minimum absolute atomic E-state index is 0.150. The first-order valence-electron chi connectivity index (χ1n) is 6.97. The third kappa shape index (κ3) is 4.20. The van der Waals surface area contributed by atoms with Crippen LogP contribution in [0.2, 0.25) is 0 Å². The Bertz CT molecular complexity index is 363. The van der Waals surface area contributed by atoms with Gasteiger partial charge in [0, 0.05) is 26.2 Å². The molecule has 0 saturated carbocycles. The van der Waals surface area contributed by atoms with Crippen molar-refractivity contribution in [2.45, 2.75) is 18.9 Å². The molecule has 20 heavy (non-hydrogen) atoms. The maximum absolute atomic E-state index is 12.3. The molecule has 5 heteroatoms. The molecule has 1 fully saturated rings. The minimum Gasteiger partial charge on any atom is -0.334 e. The molecule has 0 aromatic rings. The second-order valence-corrected chi connectivity index (χ2v) is 5.24. The van der Waals surface area contributed by atoms with Gasteiger partial charge in [0.15, 0.2) is 0 Å². The van der Waals surface area contributed by atoms with Gasteiger partial charge in [-0.1, -0.05) is 12.2 Å². The van der Waals surface area contributed by atoms with Crippen molar-refractivity contribution in [1.29, 1.82) is 0 Å².